The third-order valence-electron chi connectivity index (χ3n) is 4.96. The Bertz CT molecular complexity index is 1610. The molecule has 152 valence electrons. The van der Waals surface area contributed by atoms with Crippen LogP contribution < -0.4 is 10.3 Å². The van der Waals surface area contributed by atoms with E-state index in [-0.39, 0.29) is 16.5 Å². The van der Waals surface area contributed by atoms with E-state index in [1.54, 1.807) is 66.7 Å². The van der Waals surface area contributed by atoms with Gasteiger partial charge < -0.3 is 4.42 Å². The minimum atomic E-state index is -3.89. The maximum absolute atomic E-state index is 13.1. The molecule has 0 bridgehead atoms. The summed E-state index contributed by atoms with van der Waals surface area (Å²) in [7, 11) is -3.89. The summed E-state index contributed by atoms with van der Waals surface area (Å²) in [5, 5.41) is 2.13. The third kappa shape index (κ3) is 3.55. The Morgan fingerprint density at radius 3 is 2.35 bits per heavy atom. The molecule has 0 saturated carbocycles. The number of fused-ring (bicyclic) bond motifs is 2. The molecule has 5 aromatic rings. The number of rotatable bonds is 4. The number of anilines is 1. The predicted octanol–water partition coefficient (Wildman–Crippen LogP) is 4.81. The van der Waals surface area contributed by atoms with Crippen LogP contribution in [0.2, 0.25) is 0 Å². The van der Waals surface area contributed by atoms with E-state index >= 15 is 0 Å². The average molecular weight is 428 g/mol. The number of para-hydroxylation sites is 2. The molecule has 4 aromatic carbocycles. The third-order valence-corrected chi connectivity index (χ3v) is 6.32. The van der Waals surface area contributed by atoms with Gasteiger partial charge in [0, 0.05) is 0 Å². The minimum absolute atomic E-state index is 0.0421. The quantitative estimate of drug-likeness (QED) is 0.444. The van der Waals surface area contributed by atoms with Crippen LogP contribution in [0.15, 0.2) is 105 Å². The number of aromatic nitrogens is 1. The fourth-order valence-corrected chi connectivity index (χ4v) is 4.54. The fraction of sp³-hybridized carbons (Fsp3) is 0. The van der Waals surface area contributed by atoms with Gasteiger partial charge in [0.1, 0.15) is 5.58 Å². The van der Waals surface area contributed by atoms with Crippen LogP contribution in [0, 0.1) is 0 Å². The molecule has 6 nitrogen and oxygen atoms in total. The van der Waals surface area contributed by atoms with Crippen molar-refractivity contribution in [3.05, 3.63) is 101 Å². The molecule has 0 saturated heterocycles. The highest BCUT2D eigenvalue weighted by atomic mass is 32.2. The van der Waals surface area contributed by atoms with Gasteiger partial charge >= 0.3 is 0 Å². The van der Waals surface area contributed by atoms with Crippen molar-refractivity contribution in [2.24, 2.45) is 0 Å². The zero-order valence-corrected chi connectivity index (χ0v) is 17.0. The lowest BCUT2D eigenvalue weighted by atomic mass is 10.1. The van der Waals surface area contributed by atoms with Gasteiger partial charge in [-0.3, -0.25) is 9.52 Å². The van der Waals surface area contributed by atoms with Crippen LogP contribution in [0.4, 0.5) is 5.69 Å². The second-order valence-electron chi connectivity index (χ2n) is 6.98. The summed E-state index contributed by atoms with van der Waals surface area (Å²) >= 11 is 0. The standard InChI is InChI=1S/C24H16N2O4S/c27-23-20-10-4-6-12-22(20)30-24(25-23)19-9-3-5-11-21(19)26-31(28,29)18-14-13-16-7-1-2-8-17(16)15-18/h1-15,26H. The summed E-state index contributed by atoms with van der Waals surface area (Å²) in [4.78, 5) is 16.6. The number of benzene rings is 4. The fourth-order valence-electron chi connectivity index (χ4n) is 3.42. The number of hydrogen-bond acceptors (Lipinski definition) is 5. The van der Waals surface area contributed by atoms with Crippen LogP contribution in [-0.4, -0.2) is 13.4 Å². The molecule has 1 aromatic heterocycles. The SMILES string of the molecule is O=c1nc(-c2ccccc2NS(=O)(=O)c2ccc3ccccc3c2)oc2ccccc12. The van der Waals surface area contributed by atoms with Crippen molar-refractivity contribution in [1.29, 1.82) is 0 Å². The molecule has 7 heteroatoms. The van der Waals surface area contributed by atoms with E-state index in [9.17, 15) is 13.2 Å². The highest BCUT2D eigenvalue weighted by Gasteiger charge is 2.19. The van der Waals surface area contributed by atoms with Gasteiger partial charge in [0.25, 0.3) is 15.6 Å². The molecule has 0 spiro atoms. The summed E-state index contributed by atoms with van der Waals surface area (Å²) < 4.78 is 34.6. The van der Waals surface area contributed by atoms with Crippen LogP contribution >= 0.6 is 0 Å². The molecule has 0 unspecified atom stereocenters. The Kier molecular flexibility index (Phi) is 4.52. The van der Waals surface area contributed by atoms with E-state index in [1.165, 1.54) is 0 Å². The Balaban J connectivity index is 1.58. The lowest BCUT2D eigenvalue weighted by molar-refractivity contribution is 0.595. The smallest absolute Gasteiger partial charge is 0.284 e. The summed E-state index contributed by atoms with van der Waals surface area (Å²) in [5.41, 5.74) is 0.574. The van der Waals surface area contributed by atoms with Gasteiger partial charge in [-0.2, -0.15) is 4.98 Å². The first kappa shape index (κ1) is 19.0. The van der Waals surface area contributed by atoms with E-state index in [0.29, 0.717) is 16.5 Å². The summed E-state index contributed by atoms with van der Waals surface area (Å²) in [6, 6.07) is 25.9. The maximum Gasteiger partial charge on any atom is 0.284 e. The molecule has 0 radical (unpaired) electrons. The number of nitrogens with zero attached hydrogens (tertiary/aromatic N) is 1. The van der Waals surface area contributed by atoms with Crippen molar-refractivity contribution >= 4 is 37.5 Å². The molecule has 0 aliphatic heterocycles. The molecule has 5 rings (SSSR count). The zero-order chi connectivity index (χ0) is 21.4. The van der Waals surface area contributed by atoms with Gasteiger partial charge in [-0.05, 0) is 47.2 Å². The number of sulfonamides is 1. The van der Waals surface area contributed by atoms with Crippen LogP contribution in [-0.2, 0) is 10.0 Å². The van der Waals surface area contributed by atoms with Crippen LogP contribution in [0.3, 0.4) is 0 Å². The Labute approximate surface area is 177 Å². The summed E-state index contributed by atoms with van der Waals surface area (Å²) in [5.74, 6) is 0.0421. The number of nitrogens with one attached hydrogen (secondary N) is 1. The predicted molar refractivity (Wildman–Crippen MR) is 120 cm³/mol. The molecule has 0 atom stereocenters. The molecule has 0 aliphatic carbocycles. The normalized spacial score (nSPS) is 11.6. The van der Waals surface area contributed by atoms with Gasteiger partial charge in [0.2, 0.25) is 5.89 Å². The summed E-state index contributed by atoms with van der Waals surface area (Å²) in [6.45, 7) is 0. The van der Waals surface area contributed by atoms with E-state index in [4.69, 9.17) is 4.42 Å². The topological polar surface area (TPSA) is 89.3 Å². The van der Waals surface area contributed by atoms with E-state index < -0.39 is 15.6 Å². The first-order valence-corrected chi connectivity index (χ1v) is 11.0. The highest BCUT2D eigenvalue weighted by Crippen LogP contribution is 2.30. The van der Waals surface area contributed by atoms with Crippen LogP contribution in [0.5, 0.6) is 0 Å². The molecule has 1 N–H and O–H groups in total. The lowest BCUT2D eigenvalue weighted by Gasteiger charge is -2.12. The summed E-state index contributed by atoms with van der Waals surface area (Å²) in [6.07, 6.45) is 0. The Morgan fingerprint density at radius 2 is 1.48 bits per heavy atom. The van der Waals surface area contributed by atoms with Crippen LogP contribution in [0.25, 0.3) is 33.2 Å². The van der Waals surface area contributed by atoms with Crippen molar-refractivity contribution in [2.45, 2.75) is 4.90 Å². The molecular formula is C24H16N2O4S. The van der Waals surface area contributed by atoms with Gasteiger partial charge in [0.15, 0.2) is 0 Å². The van der Waals surface area contributed by atoms with Crippen molar-refractivity contribution < 1.29 is 12.8 Å². The van der Waals surface area contributed by atoms with Gasteiger partial charge in [0.05, 0.1) is 21.5 Å². The van der Waals surface area contributed by atoms with E-state index in [1.807, 2.05) is 24.3 Å². The van der Waals surface area contributed by atoms with E-state index in [0.717, 1.165) is 10.8 Å². The van der Waals surface area contributed by atoms with Gasteiger partial charge in [-0.1, -0.05) is 54.6 Å². The average Bonchev–Trinajstić information content (AvgIpc) is 2.79. The molecular weight excluding hydrogens is 412 g/mol. The largest absolute Gasteiger partial charge is 0.437 e. The molecule has 1 heterocycles. The number of hydrogen-bond donors (Lipinski definition) is 1. The maximum atomic E-state index is 13.1. The molecule has 31 heavy (non-hydrogen) atoms. The van der Waals surface area contributed by atoms with Gasteiger partial charge in [-0.15, -0.1) is 0 Å². The Morgan fingerprint density at radius 1 is 0.774 bits per heavy atom. The van der Waals surface area contributed by atoms with E-state index in [2.05, 4.69) is 9.71 Å². The van der Waals surface area contributed by atoms with Crippen molar-refractivity contribution in [1.82, 2.24) is 4.98 Å². The second kappa shape index (κ2) is 7.37. The van der Waals surface area contributed by atoms with Crippen molar-refractivity contribution in [3.63, 3.8) is 0 Å². The van der Waals surface area contributed by atoms with Crippen molar-refractivity contribution in [3.8, 4) is 11.5 Å². The molecule has 0 fully saturated rings. The minimum Gasteiger partial charge on any atom is -0.437 e. The van der Waals surface area contributed by atoms with Crippen LogP contribution in [0.1, 0.15) is 0 Å². The van der Waals surface area contributed by atoms with Gasteiger partial charge in [-0.25, -0.2) is 8.42 Å². The lowest BCUT2D eigenvalue weighted by Crippen LogP contribution is -2.14. The van der Waals surface area contributed by atoms with Crippen molar-refractivity contribution in [2.75, 3.05) is 4.72 Å². The monoisotopic (exact) mass is 428 g/mol. The molecule has 0 aliphatic rings. The zero-order valence-electron chi connectivity index (χ0n) is 16.1. The second-order valence-corrected chi connectivity index (χ2v) is 8.66. The first-order chi connectivity index (χ1) is 15.0. The molecule has 0 amide bonds. The Hall–Kier alpha value is -3.97. The first-order valence-electron chi connectivity index (χ1n) is 9.52. The highest BCUT2D eigenvalue weighted by molar-refractivity contribution is 7.92.